The Morgan fingerprint density at radius 2 is 1.97 bits per heavy atom. The highest BCUT2D eigenvalue weighted by Crippen LogP contribution is 2.24. The number of aromatic nitrogens is 4. The maximum atomic E-state index is 12.5. The molecule has 0 unspecified atom stereocenters. The second-order valence-electron chi connectivity index (χ2n) is 7.01. The summed E-state index contributed by atoms with van der Waals surface area (Å²) in [6.45, 7) is 4.24. The number of methoxy groups -OCH3 is 1. The predicted molar refractivity (Wildman–Crippen MR) is 125 cm³/mol. The van der Waals surface area contributed by atoms with Gasteiger partial charge in [0.15, 0.2) is 10.8 Å². The molecule has 0 spiro atoms. The molecular weight excluding hydrogens is 414 g/mol. The lowest BCUT2D eigenvalue weighted by atomic mass is 10.2. The number of rotatable bonds is 11. The number of nitrogens with zero attached hydrogens (tertiary/aromatic N) is 5. The van der Waals surface area contributed by atoms with Crippen LogP contribution in [0.15, 0.2) is 35.6 Å². The first kappa shape index (κ1) is 22.8. The van der Waals surface area contributed by atoms with Crippen LogP contribution in [0.25, 0.3) is 11.0 Å². The normalized spacial score (nSPS) is 11.0. The molecule has 3 rings (SSSR count). The summed E-state index contributed by atoms with van der Waals surface area (Å²) in [6, 6.07) is 7.51. The number of hydrogen-bond donors (Lipinski definition) is 2. The molecule has 2 heterocycles. The molecule has 0 atom stereocenters. The summed E-state index contributed by atoms with van der Waals surface area (Å²) in [5.74, 6) is 1.51. The molecule has 3 aromatic rings. The number of thioether (sulfide) groups is 1. The van der Waals surface area contributed by atoms with Crippen molar-refractivity contribution < 1.29 is 9.53 Å². The van der Waals surface area contributed by atoms with E-state index < -0.39 is 0 Å². The summed E-state index contributed by atoms with van der Waals surface area (Å²) in [5.41, 5.74) is 2.43. The molecule has 1 amide bonds. The second-order valence-corrected chi connectivity index (χ2v) is 8.24. The largest absolute Gasteiger partial charge is 0.383 e. The van der Waals surface area contributed by atoms with E-state index in [-0.39, 0.29) is 5.91 Å². The highest BCUT2D eigenvalue weighted by atomic mass is 32.2. The summed E-state index contributed by atoms with van der Waals surface area (Å²) in [6.07, 6.45) is 1.76. The Kier molecular flexibility index (Phi) is 8.07. The van der Waals surface area contributed by atoms with Crippen LogP contribution in [-0.4, -0.2) is 72.3 Å². The SMILES string of the molecule is CCSc1nc(NCCOC)c2cnn(CCNC(=O)c3ccc(N(C)C)cc3)c2n1. The number of amides is 1. The zero-order chi connectivity index (χ0) is 22.2. The van der Waals surface area contributed by atoms with Gasteiger partial charge >= 0.3 is 0 Å². The molecule has 31 heavy (non-hydrogen) atoms. The van der Waals surface area contributed by atoms with Crippen LogP contribution in [0.5, 0.6) is 0 Å². The van der Waals surface area contributed by atoms with Crippen LogP contribution in [0, 0.1) is 0 Å². The molecule has 0 saturated carbocycles. The summed E-state index contributed by atoms with van der Waals surface area (Å²) in [5, 5.41) is 12.3. The average molecular weight is 444 g/mol. The van der Waals surface area contributed by atoms with Crippen molar-refractivity contribution in [1.29, 1.82) is 0 Å². The fourth-order valence-corrected chi connectivity index (χ4v) is 3.55. The van der Waals surface area contributed by atoms with Gasteiger partial charge in [0.25, 0.3) is 5.91 Å². The summed E-state index contributed by atoms with van der Waals surface area (Å²) in [4.78, 5) is 23.7. The predicted octanol–water partition coefficient (Wildman–Crippen LogP) is 2.49. The summed E-state index contributed by atoms with van der Waals surface area (Å²) < 4.78 is 6.91. The molecule has 0 bridgehead atoms. The third-order valence-corrected chi connectivity index (χ3v) is 5.33. The lowest BCUT2D eigenvalue weighted by molar-refractivity contribution is 0.0952. The van der Waals surface area contributed by atoms with Gasteiger partial charge in [-0.2, -0.15) is 5.10 Å². The van der Waals surface area contributed by atoms with Crippen LogP contribution in [0.2, 0.25) is 0 Å². The van der Waals surface area contributed by atoms with Crippen LogP contribution in [-0.2, 0) is 11.3 Å². The number of carbonyl (C=O) groups is 1. The van der Waals surface area contributed by atoms with Gasteiger partial charge in [-0.15, -0.1) is 0 Å². The number of carbonyl (C=O) groups excluding carboxylic acids is 1. The fraction of sp³-hybridized carbons (Fsp3) is 0.429. The Labute approximate surface area is 186 Å². The highest BCUT2D eigenvalue weighted by Gasteiger charge is 2.13. The third kappa shape index (κ3) is 5.86. The van der Waals surface area contributed by atoms with Gasteiger partial charge in [0.1, 0.15) is 5.82 Å². The molecule has 166 valence electrons. The van der Waals surface area contributed by atoms with Gasteiger partial charge in [-0.25, -0.2) is 14.6 Å². The fourth-order valence-electron chi connectivity index (χ4n) is 2.99. The molecule has 0 fully saturated rings. The Hall–Kier alpha value is -2.85. The quantitative estimate of drug-likeness (QED) is 0.265. The molecule has 9 nitrogen and oxygen atoms in total. The van der Waals surface area contributed by atoms with Crippen LogP contribution < -0.4 is 15.5 Å². The van der Waals surface area contributed by atoms with E-state index in [9.17, 15) is 4.79 Å². The molecule has 2 N–H and O–H groups in total. The molecule has 0 radical (unpaired) electrons. The van der Waals surface area contributed by atoms with Crippen LogP contribution in [0.4, 0.5) is 11.5 Å². The Morgan fingerprint density at radius 1 is 1.19 bits per heavy atom. The van der Waals surface area contributed by atoms with Crippen molar-refractivity contribution >= 4 is 40.2 Å². The monoisotopic (exact) mass is 443 g/mol. The Bertz CT molecular complexity index is 1000. The number of ether oxygens (including phenoxy) is 1. The minimum atomic E-state index is -0.111. The van der Waals surface area contributed by atoms with Gasteiger partial charge < -0.3 is 20.3 Å². The van der Waals surface area contributed by atoms with Crippen molar-refractivity contribution in [2.45, 2.75) is 18.6 Å². The van der Waals surface area contributed by atoms with E-state index in [1.165, 1.54) is 0 Å². The van der Waals surface area contributed by atoms with Crippen LogP contribution >= 0.6 is 11.8 Å². The molecule has 0 aliphatic rings. The zero-order valence-corrected chi connectivity index (χ0v) is 19.2. The molecule has 2 aromatic heterocycles. The number of benzene rings is 1. The maximum absolute atomic E-state index is 12.5. The Balaban J connectivity index is 1.68. The van der Waals surface area contributed by atoms with Crippen LogP contribution in [0.3, 0.4) is 0 Å². The molecule has 0 aliphatic carbocycles. The lowest BCUT2D eigenvalue weighted by Gasteiger charge is -2.12. The zero-order valence-electron chi connectivity index (χ0n) is 18.4. The molecule has 1 aromatic carbocycles. The number of hydrogen-bond acceptors (Lipinski definition) is 8. The third-order valence-electron chi connectivity index (χ3n) is 4.60. The van der Waals surface area contributed by atoms with Gasteiger partial charge in [-0.05, 0) is 30.0 Å². The standard InChI is InChI=1S/C21H29N7O2S/c1-5-31-21-25-18(22-11-13-30-4)17-14-24-28(19(17)26-21)12-10-23-20(29)15-6-8-16(9-7-15)27(2)3/h6-9,14H,5,10-13H2,1-4H3,(H,23,29)(H,22,25,26). The van der Waals surface area contributed by atoms with Gasteiger partial charge in [-0.3, -0.25) is 4.79 Å². The van der Waals surface area contributed by atoms with E-state index in [0.717, 1.165) is 28.3 Å². The van der Waals surface area contributed by atoms with Crippen LogP contribution in [0.1, 0.15) is 17.3 Å². The smallest absolute Gasteiger partial charge is 0.251 e. The summed E-state index contributed by atoms with van der Waals surface area (Å²) in [7, 11) is 5.60. The number of nitrogens with one attached hydrogen (secondary N) is 2. The minimum Gasteiger partial charge on any atom is -0.383 e. The van der Waals surface area contributed by atoms with E-state index in [4.69, 9.17) is 4.74 Å². The lowest BCUT2D eigenvalue weighted by Crippen LogP contribution is -2.27. The van der Waals surface area contributed by atoms with Gasteiger partial charge in [0.05, 0.1) is 24.7 Å². The number of fused-ring (bicyclic) bond motifs is 1. The first-order chi connectivity index (χ1) is 15.0. The second kappa shape index (κ2) is 11.0. The van der Waals surface area contributed by atoms with E-state index >= 15 is 0 Å². The van der Waals surface area contributed by atoms with Crippen molar-refractivity contribution in [3.05, 3.63) is 36.0 Å². The van der Waals surface area contributed by atoms with Crippen molar-refractivity contribution in [3.63, 3.8) is 0 Å². The highest BCUT2D eigenvalue weighted by molar-refractivity contribution is 7.99. The van der Waals surface area contributed by atoms with Gasteiger partial charge in [0.2, 0.25) is 0 Å². The van der Waals surface area contributed by atoms with Crippen molar-refractivity contribution in [2.24, 2.45) is 0 Å². The van der Waals surface area contributed by atoms with Gasteiger partial charge in [-0.1, -0.05) is 18.7 Å². The average Bonchev–Trinajstić information content (AvgIpc) is 3.17. The molecular formula is C21H29N7O2S. The van der Waals surface area contributed by atoms with E-state index in [1.807, 2.05) is 43.3 Å². The van der Waals surface area contributed by atoms with Crippen molar-refractivity contribution in [1.82, 2.24) is 25.1 Å². The molecule has 10 heteroatoms. The molecule has 0 saturated heterocycles. The van der Waals surface area contributed by atoms with Crippen molar-refractivity contribution in [3.8, 4) is 0 Å². The first-order valence-corrected chi connectivity index (χ1v) is 11.2. The summed E-state index contributed by atoms with van der Waals surface area (Å²) >= 11 is 1.58. The first-order valence-electron chi connectivity index (χ1n) is 10.2. The maximum Gasteiger partial charge on any atom is 0.251 e. The minimum absolute atomic E-state index is 0.111. The topological polar surface area (TPSA) is 97.2 Å². The number of anilines is 2. The van der Waals surface area contributed by atoms with E-state index in [0.29, 0.717) is 37.0 Å². The van der Waals surface area contributed by atoms with E-state index in [1.54, 1.807) is 29.8 Å². The van der Waals surface area contributed by atoms with E-state index in [2.05, 4.69) is 32.6 Å². The molecule has 0 aliphatic heterocycles. The van der Waals surface area contributed by atoms with Gasteiger partial charge in [0, 0.05) is 45.5 Å². The Morgan fingerprint density at radius 3 is 2.65 bits per heavy atom. The van der Waals surface area contributed by atoms with Crippen molar-refractivity contribution in [2.75, 3.05) is 56.9 Å².